The first-order valence-corrected chi connectivity index (χ1v) is 5.05. The molecule has 2 aromatic heterocycles. The zero-order valence-corrected chi connectivity index (χ0v) is 9.38. The second kappa shape index (κ2) is 4.51. The summed E-state index contributed by atoms with van der Waals surface area (Å²) in [5.74, 6) is -0.148. The molecule has 0 aromatic carbocycles. The van der Waals surface area contributed by atoms with Crippen molar-refractivity contribution in [2.45, 2.75) is 0 Å². The van der Waals surface area contributed by atoms with Crippen molar-refractivity contribution in [3.8, 4) is 0 Å². The second-order valence-corrected chi connectivity index (χ2v) is 3.65. The number of anilines is 1. The first-order valence-electron chi connectivity index (χ1n) is 4.29. The van der Waals surface area contributed by atoms with Crippen LogP contribution in [0.5, 0.6) is 0 Å². The summed E-state index contributed by atoms with van der Waals surface area (Å²) in [6.07, 6.45) is 3.10. The third-order valence-electron chi connectivity index (χ3n) is 1.76. The maximum absolute atomic E-state index is 11.7. The van der Waals surface area contributed by atoms with E-state index in [4.69, 9.17) is 23.2 Å². The lowest BCUT2D eigenvalue weighted by Crippen LogP contribution is -2.15. The highest BCUT2D eigenvalue weighted by atomic mass is 35.5. The molecule has 0 aliphatic rings. The molecule has 0 fully saturated rings. The summed E-state index contributed by atoms with van der Waals surface area (Å²) in [4.78, 5) is 22.1. The molecule has 0 radical (unpaired) electrons. The molecule has 2 rings (SSSR count). The van der Waals surface area contributed by atoms with E-state index in [1.807, 2.05) is 0 Å². The summed E-state index contributed by atoms with van der Waals surface area (Å²) in [5.41, 5.74) is 0.0607. The largest absolute Gasteiger partial charge is 0.331 e. The molecule has 2 aromatic rings. The summed E-state index contributed by atoms with van der Waals surface area (Å²) in [7, 11) is 0. The van der Waals surface area contributed by atoms with Crippen LogP contribution in [0.4, 0.5) is 5.95 Å². The molecule has 0 aliphatic carbocycles. The zero-order valence-electron chi connectivity index (χ0n) is 7.87. The molecule has 0 aliphatic heterocycles. The normalized spacial score (nSPS) is 10.1. The summed E-state index contributed by atoms with van der Waals surface area (Å²) in [6, 6.07) is 3.02. The van der Waals surface area contributed by atoms with Gasteiger partial charge in [0.1, 0.15) is 10.8 Å². The third-order valence-corrected chi connectivity index (χ3v) is 2.27. The van der Waals surface area contributed by atoms with Gasteiger partial charge in [0.05, 0.1) is 5.02 Å². The number of aromatic nitrogens is 3. The number of H-pyrrole nitrogens is 1. The topological polar surface area (TPSA) is 70.7 Å². The number of nitrogens with one attached hydrogen (secondary N) is 2. The Bertz CT molecular complexity index is 512. The van der Waals surface area contributed by atoms with E-state index in [9.17, 15) is 4.79 Å². The molecular weight excluding hydrogens is 251 g/mol. The molecule has 1 amide bonds. The van der Waals surface area contributed by atoms with Gasteiger partial charge in [-0.2, -0.15) is 0 Å². The van der Waals surface area contributed by atoms with Crippen molar-refractivity contribution in [3.05, 3.63) is 40.4 Å². The van der Waals surface area contributed by atoms with Gasteiger partial charge < -0.3 is 4.98 Å². The molecule has 82 valence electrons. The number of hydrogen-bond donors (Lipinski definition) is 2. The standard InChI is InChI=1S/C9H6Cl2N4O/c10-5-1-2-6(11)14-7(5)8(16)15-9-12-3-4-13-9/h1-4H,(H2,12,13,15,16). The van der Waals surface area contributed by atoms with Crippen molar-refractivity contribution in [3.63, 3.8) is 0 Å². The van der Waals surface area contributed by atoms with Crippen molar-refractivity contribution in [2.75, 3.05) is 5.32 Å². The summed E-state index contributed by atoms with van der Waals surface area (Å²) in [6.45, 7) is 0. The SMILES string of the molecule is O=C(Nc1ncc[nH]1)c1nc(Cl)ccc1Cl. The molecule has 0 spiro atoms. The van der Waals surface area contributed by atoms with Gasteiger partial charge in [-0.15, -0.1) is 0 Å². The smallest absolute Gasteiger partial charge is 0.278 e. The van der Waals surface area contributed by atoms with Crippen LogP contribution in [0.25, 0.3) is 0 Å². The Morgan fingerprint density at radius 2 is 2.19 bits per heavy atom. The molecule has 0 saturated heterocycles. The van der Waals surface area contributed by atoms with E-state index < -0.39 is 5.91 Å². The number of hydrogen-bond acceptors (Lipinski definition) is 3. The summed E-state index contributed by atoms with van der Waals surface area (Å²) >= 11 is 11.5. The molecule has 2 heterocycles. The number of imidazole rings is 1. The highest BCUT2D eigenvalue weighted by Crippen LogP contribution is 2.17. The predicted molar refractivity (Wildman–Crippen MR) is 60.8 cm³/mol. The average Bonchev–Trinajstić information content (AvgIpc) is 2.74. The average molecular weight is 257 g/mol. The van der Waals surface area contributed by atoms with E-state index in [1.54, 1.807) is 6.20 Å². The fourth-order valence-corrected chi connectivity index (χ4v) is 1.42. The van der Waals surface area contributed by atoms with Gasteiger partial charge in [-0.1, -0.05) is 23.2 Å². The number of carbonyl (C=O) groups is 1. The predicted octanol–water partition coefficient (Wildman–Crippen LogP) is 2.36. The van der Waals surface area contributed by atoms with Crippen LogP contribution < -0.4 is 5.32 Å². The van der Waals surface area contributed by atoms with E-state index >= 15 is 0 Å². The second-order valence-electron chi connectivity index (χ2n) is 2.86. The summed E-state index contributed by atoms with van der Waals surface area (Å²) < 4.78 is 0. The number of amides is 1. The number of halogens is 2. The Morgan fingerprint density at radius 1 is 1.38 bits per heavy atom. The van der Waals surface area contributed by atoms with Gasteiger partial charge in [-0.25, -0.2) is 9.97 Å². The number of pyridine rings is 1. The summed E-state index contributed by atoms with van der Waals surface area (Å²) in [5, 5.41) is 2.93. The Balaban J connectivity index is 2.24. The van der Waals surface area contributed by atoms with Gasteiger partial charge in [-0.3, -0.25) is 10.1 Å². The van der Waals surface area contributed by atoms with E-state index in [0.717, 1.165) is 0 Å². The van der Waals surface area contributed by atoms with Crippen molar-refractivity contribution >= 4 is 35.1 Å². The van der Waals surface area contributed by atoms with E-state index in [2.05, 4.69) is 20.3 Å². The third kappa shape index (κ3) is 2.32. The lowest BCUT2D eigenvalue weighted by Gasteiger charge is -2.03. The van der Waals surface area contributed by atoms with Gasteiger partial charge >= 0.3 is 0 Å². The molecular formula is C9H6Cl2N4O. The lowest BCUT2D eigenvalue weighted by molar-refractivity contribution is 0.102. The van der Waals surface area contributed by atoms with Gasteiger partial charge in [-0.05, 0) is 12.1 Å². The minimum atomic E-state index is -0.470. The van der Waals surface area contributed by atoms with E-state index in [1.165, 1.54) is 18.3 Å². The van der Waals surface area contributed by atoms with Crippen LogP contribution in [0.2, 0.25) is 10.2 Å². The van der Waals surface area contributed by atoms with E-state index in [-0.39, 0.29) is 15.9 Å². The van der Waals surface area contributed by atoms with Crippen molar-refractivity contribution in [1.29, 1.82) is 0 Å². The zero-order chi connectivity index (χ0) is 11.5. The fraction of sp³-hybridized carbons (Fsp3) is 0. The van der Waals surface area contributed by atoms with Crippen LogP contribution in [0, 0.1) is 0 Å². The van der Waals surface area contributed by atoms with E-state index in [0.29, 0.717) is 5.95 Å². The molecule has 0 bridgehead atoms. The van der Waals surface area contributed by atoms with Crippen LogP contribution in [-0.2, 0) is 0 Å². The highest BCUT2D eigenvalue weighted by Gasteiger charge is 2.13. The number of carbonyl (C=O) groups excluding carboxylic acids is 1. The van der Waals surface area contributed by atoms with Crippen LogP contribution in [-0.4, -0.2) is 20.9 Å². The van der Waals surface area contributed by atoms with Crippen LogP contribution in [0.15, 0.2) is 24.5 Å². The Morgan fingerprint density at radius 3 is 2.88 bits per heavy atom. The molecule has 5 nitrogen and oxygen atoms in total. The monoisotopic (exact) mass is 256 g/mol. The van der Waals surface area contributed by atoms with Gasteiger partial charge in [0, 0.05) is 12.4 Å². The molecule has 0 atom stereocenters. The number of aromatic amines is 1. The van der Waals surface area contributed by atoms with Gasteiger partial charge in [0.15, 0.2) is 0 Å². The minimum Gasteiger partial charge on any atom is -0.331 e. The molecule has 2 N–H and O–H groups in total. The maximum atomic E-state index is 11.7. The Labute approximate surface area is 101 Å². The number of nitrogens with zero attached hydrogens (tertiary/aromatic N) is 2. The molecule has 0 saturated carbocycles. The molecule has 7 heteroatoms. The van der Waals surface area contributed by atoms with Crippen molar-refractivity contribution in [2.24, 2.45) is 0 Å². The lowest BCUT2D eigenvalue weighted by atomic mass is 10.3. The van der Waals surface area contributed by atoms with Gasteiger partial charge in [0.25, 0.3) is 5.91 Å². The van der Waals surface area contributed by atoms with Crippen molar-refractivity contribution in [1.82, 2.24) is 15.0 Å². The van der Waals surface area contributed by atoms with Crippen molar-refractivity contribution < 1.29 is 4.79 Å². The first-order chi connectivity index (χ1) is 7.66. The Hall–Kier alpha value is -1.59. The molecule has 16 heavy (non-hydrogen) atoms. The Kier molecular flexibility index (Phi) is 3.07. The number of rotatable bonds is 2. The molecule has 0 unspecified atom stereocenters. The first kappa shape index (κ1) is 10.9. The fourth-order valence-electron chi connectivity index (χ4n) is 1.08. The quantitative estimate of drug-likeness (QED) is 0.811. The van der Waals surface area contributed by atoms with Crippen LogP contribution >= 0.6 is 23.2 Å². The highest BCUT2D eigenvalue weighted by molar-refractivity contribution is 6.35. The van der Waals surface area contributed by atoms with Crippen LogP contribution in [0.3, 0.4) is 0 Å². The van der Waals surface area contributed by atoms with Crippen LogP contribution in [0.1, 0.15) is 10.5 Å². The minimum absolute atomic E-state index is 0.0607. The maximum Gasteiger partial charge on any atom is 0.278 e. The van der Waals surface area contributed by atoms with Gasteiger partial charge in [0.2, 0.25) is 5.95 Å².